The third-order valence-corrected chi connectivity index (χ3v) is 5.44. The molecule has 0 N–H and O–H groups in total. The molecule has 26 heavy (non-hydrogen) atoms. The summed E-state index contributed by atoms with van der Waals surface area (Å²) in [5.41, 5.74) is -0.227. The minimum atomic E-state index is -0.799. The molecule has 1 unspecified atom stereocenters. The third kappa shape index (κ3) is 4.06. The summed E-state index contributed by atoms with van der Waals surface area (Å²) in [5.74, 6) is 0.640. The van der Waals surface area contributed by atoms with Crippen LogP contribution in [0.3, 0.4) is 0 Å². The number of nitriles is 2. The highest BCUT2D eigenvalue weighted by molar-refractivity contribution is 6.04. The van der Waals surface area contributed by atoms with Crippen LogP contribution >= 0.6 is 0 Å². The van der Waals surface area contributed by atoms with Crippen molar-refractivity contribution in [1.82, 2.24) is 4.90 Å². The van der Waals surface area contributed by atoms with E-state index in [1.54, 1.807) is 6.07 Å². The van der Waals surface area contributed by atoms with E-state index in [2.05, 4.69) is 30.9 Å². The molecular weight excluding hydrogens is 326 g/mol. The number of hydrogen-bond donors (Lipinski definition) is 0. The summed E-state index contributed by atoms with van der Waals surface area (Å²) in [7, 11) is 0. The van der Waals surface area contributed by atoms with E-state index in [9.17, 15) is 4.79 Å². The molecule has 0 fully saturated rings. The van der Waals surface area contributed by atoms with Gasteiger partial charge in [0.1, 0.15) is 11.9 Å². The number of carbonyl (C=O) groups excluding carboxylic acids is 1. The van der Waals surface area contributed by atoms with Gasteiger partial charge < -0.3 is 9.64 Å². The van der Waals surface area contributed by atoms with Crippen molar-refractivity contribution in [2.75, 3.05) is 19.6 Å². The number of fused-ring (bicyclic) bond motifs is 1. The molecule has 138 valence electrons. The Morgan fingerprint density at radius 1 is 1.12 bits per heavy atom. The van der Waals surface area contributed by atoms with Gasteiger partial charge in [0, 0.05) is 19.4 Å². The molecule has 2 rings (SSSR count). The molecule has 0 bridgehead atoms. The molecule has 5 heteroatoms. The van der Waals surface area contributed by atoms with Gasteiger partial charge >= 0.3 is 0 Å². The van der Waals surface area contributed by atoms with Gasteiger partial charge in [-0.2, -0.15) is 10.5 Å². The molecule has 0 radical (unpaired) electrons. The van der Waals surface area contributed by atoms with Crippen molar-refractivity contribution in [3.05, 3.63) is 29.8 Å². The monoisotopic (exact) mass is 353 g/mol. The fraction of sp³-hybridized carbons (Fsp3) is 0.571. The average Bonchev–Trinajstić information content (AvgIpc) is 2.68. The Morgan fingerprint density at radius 2 is 1.73 bits per heavy atom. The Bertz CT molecular complexity index is 680. The molecule has 1 aliphatic rings. The molecule has 0 aromatic heterocycles. The van der Waals surface area contributed by atoms with E-state index in [1.165, 1.54) is 0 Å². The molecule has 1 heterocycles. The Morgan fingerprint density at radius 3 is 2.31 bits per heavy atom. The SMILES string of the molecule is CCN(CC)CCC1Oc2ccccc2C(=O)C1(CCC#N)CCC#N. The van der Waals surface area contributed by atoms with Gasteiger partial charge in [-0.15, -0.1) is 0 Å². The summed E-state index contributed by atoms with van der Waals surface area (Å²) in [6, 6.07) is 11.6. The minimum absolute atomic E-state index is 0.0226. The van der Waals surface area contributed by atoms with Gasteiger partial charge in [-0.1, -0.05) is 26.0 Å². The lowest BCUT2D eigenvalue weighted by atomic mass is 9.67. The van der Waals surface area contributed by atoms with Crippen molar-refractivity contribution in [3.8, 4) is 17.9 Å². The summed E-state index contributed by atoms with van der Waals surface area (Å²) in [4.78, 5) is 15.7. The second kappa shape index (κ2) is 9.36. The Labute approximate surface area is 156 Å². The first-order valence-electron chi connectivity index (χ1n) is 9.39. The first-order valence-corrected chi connectivity index (χ1v) is 9.39. The maximum Gasteiger partial charge on any atom is 0.176 e. The number of rotatable bonds is 9. The molecule has 1 aromatic rings. The quantitative estimate of drug-likeness (QED) is 0.671. The lowest BCUT2D eigenvalue weighted by molar-refractivity contribution is 0.0106. The molecule has 0 amide bonds. The molecule has 0 saturated carbocycles. The Kier molecular flexibility index (Phi) is 7.18. The topological polar surface area (TPSA) is 77.1 Å². The van der Waals surface area contributed by atoms with Gasteiger partial charge in [0.25, 0.3) is 0 Å². The number of para-hydroxylation sites is 1. The highest BCUT2D eigenvalue weighted by Gasteiger charge is 2.50. The van der Waals surface area contributed by atoms with Crippen LogP contribution in [0.5, 0.6) is 5.75 Å². The Hall–Kier alpha value is -2.37. The van der Waals surface area contributed by atoms with Crippen LogP contribution in [0.25, 0.3) is 0 Å². The summed E-state index contributed by atoms with van der Waals surface area (Å²) < 4.78 is 6.29. The second-order valence-corrected chi connectivity index (χ2v) is 6.72. The number of carbonyl (C=O) groups is 1. The zero-order valence-corrected chi connectivity index (χ0v) is 15.7. The van der Waals surface area contributed by atoms with Gasteiger partial charge in [0.15, 0.2) is 5.78 Å². The van der Waals surface area contributed by atoms with Gasteiger partial charge in [-0.3, -0.25) is 4.79 Å². The number of ether oxygens (including phenoxy) is 1. The molecule has 0 spiro atoms. The first kappa shape index (κ1) is 19.9. The van der Waals surface area contributed by atoms with E-state index < -0.39 is 5.41 Å². The van der Waals surface area contributed by atoms with Crippen molar-refractivity contribution in [1.29, 1.82) is 10.5 Å². The highest BCUT2D eigenvalue weighted by Crippen LogP contribution is 2.46. The Balaban J connectivity index is 2.40. The fourth-order valence-corrected chi connectivity index (χ4v) is 3.84. The number of Topliss-reactive ketones (excluding diaryl/α,β-unsaturated/α-hetero) is 1. The molecule has 1 aliphatic heterocycles. The van der Waals surface area contributed by atoms with E-state index >= 15 is 0 Å². The number of nitrogens with zero attached hydrogens (tertiary/aromatic N) is 3. The van der Waals surface area contributed by atoms with E-state index in [0.29, 0.717) is 30.6 Å². The summed E-state index contributed by atoms with van der Waals surface area (Å²) in [6.07, 6.45) is 1.82. The lowest BCUT2D eigenvalue weighted by Gasteiger charge is -2.43. The number of ketones is 1. The van der Waals surface area contributed by atoms with Crippen LogP contribution < -0.4 is 4.74 Å². The number of hydrogen-bond acceptors (Lipinski definition) is 5. The molecule has 0 saturated heterocycles. The normalized spacial score (nSPS) is 17.9. The summed E-state index contributed by atoms with van der Waals surface area (Å²) >= 11 is 0. The van der Waals surface area contributed by atoms with Crippen molar-refractivity contribution in [3.63, 3.8) is 0 Å². The molecular formula is C21H27N3O2. The van der Waals surface area contributed by atoms with Crippen molar-refractivity contribution < 1.29 is 9.53 Å². The van der Waals surface area contributed by atoms with E-state index in [1.807, 2.05) is 18.2 Å². The highest BCUT2D eigenvalue weighted by atomic mass is 16.5. The maximum absolute atomic E-state index is 13.4. The van der Waals surface area contributed by atoms with E-state index in [0.717, 1.165) is 19.6 Å². The minimum Gasteiger partial charge on any atom is -0.489 e. The zero-order valence-electron chi connectivity index (χ0n) is 15.7. The van der Waals surface area contributed by atoms with Crippen molar-refractivity contribution in [2.45, 2.75) is 52.1 Å². The fourth-order valence-electron chi connectivity index (χ4n) is 3.84. The molecule has 5 nitrogen and oxygen atoms in total. The smallest absolute Gasteiger partial charge is 0.176 e. The van der Waals surface area contributed by atoms with Crippen molar-refractivity contribution >= 4 is 5.78 Å². The second-order valence-electron chi connectivity index (χ2n) is 6.72. The zero-order chi connectivity index (χ0) is 19.0. The third-order valence-electron chi connectivity index (χ3n) is 5.44. The van der Waals surface area contributed by atoms with E-state index in [4.69, 9.17) is 15.3 Å². The first-order chi connectivity index (χ1) is 12.6. The maximum atomic E-state index is 13.4. The predicted octanol–water partition coefficient (Wildman–Crippen LogP) is 3.96. The average molecular weight is 353 g/mol. The van der Waals surface area contributed by atoms with Crippen LogP contribution in [0.1, 0.15) is 56.3 Å². The van der Waals surface area contributed by atoms with E-state index in [-0.39, 0.29) is 24.7 Å². The van der Waals surface area contributed by atoms with Gasteiger partial charge in [0.2, 0.25) is 0 Å². The van der Waals surface area contributed by atoms with Crippen LogP contribution in [-0.4, -0.2) is 36.4 Å². The lowest BCUT2D eigenvalue weighted by Crippen LogP contribution is -2.50. The predicted molar refractivity (Wildman–Crippen MR) is 99.7 cm³/mol. The molecule has 1 atom stereocenters. The molecule has 0 aliphatic carbocycles. The van der Waals surface area contributed by atoms with Crippen LogP contribution in [-0.2, 0) is 0 Å². The van der Waals surface area contributed by atoms with Gasteiger partial charge in [-0.25, -0.2) is 0 Å². The summed E-state index contributed by atoms with van der Waals surface area (Å²) in [6.45, 7) is 6.94. The summed E-state index contributed by atoms with van der Waals surface area (Å²) in [5, 5.41) is 18.2. The van der Waals surface area contributed by atoms with Crippen molar-refractivity contribution in [2.24, 2.45) is 5.41 Å². The molecule has 1 aromatic carbocycles. The van der Waals surface area contributed by atoms with Crippen LogP contribution in [0.4, 0.5) is 0 Å². The van der Waals surface area contributed by atoms with Crippen LogP contribution in [0.2, 0.25) is 0 Å². The largest absolute Gasteiger partial charge is 0.489 e. The van der Waals surface area contributed by atoms with Crippen LogP contribution in [0.15, 0.2) is 24.3 Å². The standard InChI is InChI=1S/C21H27N3O2/c1-3-24(4-2)16-11-19-21(12-7-14-22,13-8-15-23)20(25)17-9-5-6-10-18(17)26-19/h5-6,9-10,19H,3-4,7-8,11-13,16H2,1-2H3. The van der Waals surface area contributed by atoms with Crippen LogP contribution in [0, 0.1) is 28.1 Å². The van der Waals surface area contributed by atoms with Gasteiger partial charge in [0.05, 0.1) is 23.1 Å². The van der Waals surface area contributed by atoms with Gasteiger partial charge in [-0.05, 0) is 44.5 Å². The number of benzene rings is 1.